The number of hydrogen-bond donors (Lipinski definition) is 0. The maximum absolute atomic E-state index is 12.9. The molecule has 0 fully saturated rings. The first-order valence-electron chi connectivity index (χ1n) is 9.15. The van der Waals surface area contributed by atoms with Crippen LogP contribution in [0, 0.1) is 0 Å². The summed E-state index contributed by atoms with van der Waals surface area (Å²) in [6.07, 6.45) is 1.06. The number of benzene rings is 3. The van der Waals surface area contributed by atoms with Gasteiger partial charge in [-0.05, 0) is 53.9 Å². The monoisotopic (exact) mass is 363 g/mol. The Bertz CT molecular complexity index is 914. The molecule has 0 heterocycles. The molecule has 0 aliphatic carbocycles. The summed E-state index contributed by atoms with van der Waals surface area (Å²) in [5, 5.41) is 2.31. The summed E-state index contributed by atoms with van der Waals surface area (Å²) in [6.45, 7) is 2.64. The molecule has 1 amide bonds. The van der Waals surface area contributed by atoms with Gasteiger partial charge in [-0.25, -0.2) is 0 Å². The largest absolute Gasteiger partial charge is 0.497 e. The van der Waals surface area contributed by atoms with E-state index in [0.717, 1.165) is 28.1 Å². The van der Waals surface area contributed by atoms with Crippen molar-refractivity contribution in [2.75, 3.05) is 25.7 Å². The van der Waals surface area contributed by atoms with Gasteiger partial charge in [-0.15, -0.1) is 0 Å². The van der Waals surface area contributed by atoms with Gasteiger partial charge in [-0.2, -0.15) is 0 Å². The number of carbonyl (C=O) groups is 1. The van der Waals surface area contributed by atoms with Crippen LogP contribution in [0.5, 0.6) is 11.5 Å². The van der Waals surface area contributed by atoms with Crippen molar-refractivity contribution in [3.63, 3.8) is 0 Å². The fourth-order valence-electron chi connectivity index (χ4n) is 3.24. The van der Waals surface area contributed by atoms with Gasteiger partial charge in [-0.1, -0.05) is 30.3 Å². The zero-order valence-corrected chi connectivity index (χ0v) is 16.1. The van der Waals surface area contributed by atoms with Crippen LogP contribution in [0.3, 0.4) is 0 Å². The average Bonchev–Trinajstić information content (AvgIpc) is 2.72. The molecule has 0 saturated carbocycles. The number of rotatable bonds is 7. The molecule has 4 heteroatoms. The van der Waals surface area contributed by atoms with E-state index in [2.05, 4.69) is 24.3 Å². The second-order valence-corrected chi connectivity index (χ2v) is 6.39. The third-order valence-corrected chi connectivity index (χ3v) is 4.70. The minimum absolute atomic E-state index is 0.106. The molecule has 0 N–H and O–H groups in total. The highest BCUT2D eigenvalue weighted by Crippen LogP contribution is 2.25. The van der Waals surface area contributed by atoms with Crippen LogP contribution in [0.15, 0.2) is 60.7 Å². The van der Waals surface area contributed by atoms with Gasteiger partial charge < -0.3 is 14.4 Å². The summed E-state index contributed by atoms with van der Waals surface area (Å²) >= 11 is 0. The molecule has 0 saturated heterocycles. The summed E-state index contributed by atoms with van der Waals surface area (Å²) in [5.41, 5.74) is 1.96. The molecule has 0 aliphatic heterocycles. The zero-order chi connectivity index (χ0) is 19.2. The normalized spacial score (nSPS) is 10.6. The van der Waals surface area contributed by atoms with E-state index in [1.165, 1.54) is 5.39 Å². The lowest BCUT2D eigenvalue weighted by atomic mass is 10.1. The van der Waals surface area contributed by atoms with Crippen molar-refractivity contribution in [3.05, 3.63) is 66.2 Å². The molecule has 0 spiro atoms. The van der Waals surface area contributed by atoms with Crippen LogP contribution in [0.4, 0.5) is 5.69 Å². The number of amides is 1. The van der Waals surface area contributed by atoms with Gasteiger partial charge >= 0.3 is 0 Å². The van der Waals surface area contributed by atoms with E-state index in [9.17, 15) is 4.79 Å². The van der Waals surface area contributed by atoms with Crippen molar-refractivity contribution >= 4 is 22.4 Å². The highest BCUT2D eigenvalue weighted by molar-refractivity contribution is 5.96. The van der Waals surface area contributed by atoms with Crippen LogP contribution in [-0.4, -0.2) is 26.7 Å². The highest BCUT2D eigenvalue weighted by Gasteiger charge is 2.15. The zero-order valence-electron chi connectivity index (χ0n) is 16.1. The molecular weight excluding hydrogens is 338 g/mol. The SMILES string of the molecule is CCN(C(=O)CCc1cc(OC)cc(OC)c1)c1ccc2ccccc2c1. The molecule has 0 unspecified atom stereocenters. The minimum Gasteiger partial charge on any atom is -0.497 e. The Labute approximate surface area is 160 Å². The molecule has 0 bridgehead atoms. The second-order valence-electron chi connectivity index (χ2n) is 6.39. The lowest BCUT2D eigenvalue weighted by Gasteiger charge is -2.22. The Morgan fingerprint density at radius 2 is 1.56 bits per heavy atom. The topological polar surface area (TPSA) is 38.8 Å². The maximum atomic E-state index is 12.9. The number of hydrogen-bond acceptors (Lipinski definition) is 3. The fraction of sp³-hybridized carbons (Fsp3) is 0.261. The average molecular weight is 363 g/mol. The number of ether oxygens (including phenoxy) is 2. The molecule has 140 valence electrons. The summed E-state index contributed by atoms with van der Waals surface area (Å²) in [5.74, 6) is 1.58. The van der Waals surface area contributed by atoms with E-state index < -0.39 is 0 Å². The van der Waals surface area contributed by atoms with Gasteiger partial charge in [0.1, 0.15) is 11.5 Å². The number of aryl methyl sites for hydroxylation is 1. The highest BCUT2D eigenvalue weighted by atomic mass is 16.5. The third-order valence-electron chi connectivity index (χ3n) is 4.70. The Morgan fingerprint density at radius 1 is 0.889 bits per heavy atom. The molecule has 3 aromatic rings. The molecule has 0 atom stereocenters. The Balaban J connectivity index is 1.75. The fourth-order valence-corrected chi connectivity index (χ4v) is 3.24. The van der Waals surface area contributed by atoms with Gasteiger partial charge in [0.25, 0.3) is 0 Å². The second kappa shape index (κ2) is 8.58. The molecule has 3 rings (SSSR count). The number of fused-ring (bicyclic) bond motifs is 1. The van der Waals surface area contributed by atoms with Crippen molar-refractivity contribution in [1.82, 2.24) is 0 Å². The molecule has 3 aromatic carbocycles. The van der Waals surface area contributed by atoms with Crippen LogP contribution >= 0.6 is 0 Å². The summed E-state index contributed by atoms with van der Waals surface area (Å²) in [4.78, 5) is 14.7. The van der Waals surface area contributed by atoms with E-state index in [1.54, 1.807) is 14.2 Å². The number of carbonyl (C=O) groups excluding carboxylic acids is 1. The Morgan fingerprint density at radius 3 is 2.19 bits per heavy atom. The maximum Gasteiger partial charge on any atom is 0.227 e. The predicted octanol–water partition coefficient (Wildman–Crippen LogP) is 4.84. The smallest absolute Gasteiger partial charge is 0.227 e. The summed E-state index contributed by atoms with van der Waals surface area (Å²) < 4.78 is 10.6. The van der Waals surface area contributed by atoms with E-state index >= 15 is 0 Å². The van der Waals surface area contributed by atoms with E-state index in [0.29, 0.717) is 19.4 Å². The molecule has 27 heavy (non-hydrogen) atoms. The third kappa shape index (κ3) is 4.40. The van der Waals surface area contributed by atoms with Crippen LogP contribution in [0.1, 0.15) is 18.9 Å². The van der Waals surface area contributed by atoms with E-state index in [1.807, 2.05) is 48.2 Å². The van der Waals surface area contributed by atoms with Gasteiger partial charge in [0.15, 0.2) is 0 Å². The molecule has 0 aromatic heterocycles. The first kappa shape index (κ1) is 18.8. The van der Waals surface area contributed by atoms with Gasteiger partial charge in [-0.3, -0.25) is 4.79 Å². The summed E-state index contributed by atoms with van der Waals surface area (Å²) in [7, 11) is 3.25. The Kier molecular flexibility index (Phi) is 5.97. The quantitative estimate of drug-likeness (QED) is 0.603. The number of nitrogens with zero attached hydrogens (tertiary/aromatic N) is 1. The lowest BCUT2D eigenvalue weighted by Crippen LogP contribution is -2.30. The van der Waals surface area contributed by atoms with Gasteiger partial charge in [0.05, 0.1) is 14.2 Å². The first-order chi connectivity index (χ1) is 13.1. The van der Waals surface area contributed by atoms with Crippen LogP contribution in [0.2, 0.25) is 0 Å². The predicted molar refractivity (Wildman–Crippen MR) is 110 cm³/mol. The van der Waals surface area contributed by atoms with Crippen LogP contribution in [0.25, 0.3) is 10.8 Å². The van der Waals surface area contributed by atoms with Crippen molar-refractivity contribution in [2.45, 2.75) is 19.8 Å². The van der Waals surface area contributed by atoms with Crippen molar-refractivity contribution in [3.8, 4) is 11.5 Å². The molecule has 0 radical (unpaired) electrons. The summed E-state index contributed by atoms with van der Waals surface area (Å²) in [6, 6.07) is 20.1. The molecule has 0 aliphatic rings. The van der Waals surface area contributed by atoms with Crippen LogP contribution < -0.4 is 14.4 Å². The standard InChI is InChI=1S/C23H25NO3/c1-4-24(20-11-10-18-7-5-6-8-19(18)15-20)23(25)12-9-17-13-21(26-2)16-22(14-17)27-3/h5-8,10-11,13-16H,4,9,12H2,1-3H3. The van der Waals surface area contributed by atoms with Crippen LogP contribution in [-0.2, 0) is 11.2 Å². The van der Waals surface area contributed by atoms with Gasteiger partial charge in [0.2, 0.25) is 5.91 Å². The number of anilines is 1. The minimum atomic E-state index is 0.106. The van der Waals surface area contributed by atoms with Crippen molar-refractivity contribution < 1.29 is 14.3 Å². The molecule has 4 nitrogen and oxygen atoms in total. The van der Waals surface area contributed by atoms with Crippen molar-refractivity contribution in [2.24, 2.45) is 0 Å². The Hall–Kier alpha value is -3.01. The first-order valence-corrected chi connectivity index (χ1v) is 9.15. The van der Waals surface area contributed by atoms with Crippen molar-refractivity contribution in [1.29, 1.82) is 0 Å². The molecular formula is C23H25NO3. The number of methoxy groups -OCH3 is 2. The van der Waals surface area contributed by atoms with Gasteiger partial charge in [0, 0.05) is 24.7 Å². The van der Waals surface area contributed by atoms with E-state index in [-0.39, 0.29) is 5.91 Å². The van der Waals surface area contributed by atoms with E-state index in [4.69, 9.17) is 9.47 Å². The lowest BCUT2D eigenvalue weighted by molar-refractivity contribution is -0.118.